The summed E-state index contributed by atoms with van der Waals surface area (Å²) in [5.41, 5.74) is 6.22. The molecule has 0 aromatic rings. The second-order valence-electron chi connectivity index (χ2n) is 20.7. The van der Waals surface area contributed by atoms with E-state index in [1.165, 1.54) is 289 Å². The van der Waals surface area contributed by atoms with Crippen LogP contribution in [0.15, 0.2) is 0 Å². The van der Waals surface area contributed by atoms with Gasteiger partial charge in [0.2, 0.25) is 0 Å². The molecule has 4 nitrogen and oxygen atoms in total. The van der Waals surface area contributed by atoms with Crippen molar-refractivity contribution >= 4 is 8.80 Å². The molecule has 0 aliphatic rings. The van der Waals surface area contributed by atoms with E-state index < -0.39 is 8.80 Å². The maximum atomic E-state index is 6.82. The predicted molar refractivity (Wildman–Crippen MR) is 285 cm³/mol. The fourth-order valence-corrected chi connectivity index (χ4v) is 12.4. The van der Waals surface area contributed by atoms with Crippen molar-refractivity contribution in [1.82, 2.24) is 0 Å². The predicted octanol–water partition coefficient (Wildman–Crippen LogP) is 20.4. The first-order chi connectivity index (χ1) is 31.1. The van der Waals surface area contributed by atoms with Crippen molar-refractivity contribution in [3.63, 3.8) is 0 Å². The molecule has 0 aromatic heterocycles. The summed E-state index contributed by atoms with van der Waals surface area (Å²) < 4.78 is 20.5. The lowest BCUT2D eigenvalue weighted by Crippen LogP contribution is -2.48. The largest absolute Gasteiger partial charge is 0.501 e. The molecule has 5 heteroatoms. The molecule has 0 saturated carbocycles. The van der Waals surface area contributed by atoms with Crippen molar-refractivity contribution in [2.75, 3.05) is 26.4 Å². The third kappa shape index (κ3) is 49.8. The Balaban J connectivity index is 4.50. The van der Waals surface area contributed by atoms with Gasteiger partial charge in [0.05, 0.1) is 0 Å². The van der Waals surface area contributed by atoms with Gasteiger partial charge in [-0.3, -0.25) is 0 Å². The third-order valence-electron chi connectivity index (χ3n) is 14.0. The maximum Gasteiger partial charge on any atom is 0.501 e. The Morgan fingerprint density at radius 3 is 0.587 bits per heavy atom. The molecular formula is C58H121NO3Si. The molecule has 0 bridgehead atoms. The summed E-state index contributed by atoms with van der Waals surface area (Å²) in [7, 11) is -2.79. The van der Waals surface area contributed by atoms with Gasteiger partial charge in [-0.1, -0.05) is 317 Å². The van der Waals surface area contributed by atoms with Crippen LogP contribution in [0.2, 0.25) is 6.04 Å². The zero-order valence-electron chi connectivity index (χ0n) is 44.4. The van der Waals surface area contributed by atoms with E-state index in [0.717, 1.165) is 45.1 Å². The average molecular weight is 909 g/mol. The highest BCUT2D eigenvalue weighted by atomic mass is 28.4. The standard InChI is InChI=1S/C58H121NO3Si/c1-5-8-11-14-17-20-23-26-29-32-35-38-41-44-47-50-53-60-63(57-58(4)56-59,61-54-51-48-45-42-39-36-33-30-27-24-21-18-15-12-9-6-2)62-55-52-49-46-43-40-37-34-31-28-25-22-19-16-13-10-7-3/h58H,5-57,59H2,1-4H3. The SMILES string of the molecule is CCCCCCCCCCCCCCCCCCO[Si](CC(C)CN)(OCCCCCCCCCCCCCCCCCC)OCCCCCCCCCCCCCCCCCC. The van der Waals surface area contributed by atoms with Crippen LogP contribution in [0.1, 0.15) is 336 Å². The Hall–Kier alpha value is 0.0569. The number of unbranched alkanes of at least 4 members (excludes halogenated alkanes) is 45. The molecule has 2 N–H and O–H groups in total. The normalized spacial score (nSPS) is 12.5. The molecule has 0 saturated heterocycles. The first-order valence-corrected chi connectivity index (χ1v) is 31.7. The van der Waals surface area contributed by atoms with Crippen molar-refractivity contribution in [3.8, 4) is 0 Å². The van der Waals surface area contributed by atoms with Gasteiger partial charge < -0.3 is 19.0 Å². The number of hydrogen-bond donors (Lipinski definition) is 1. The topological polar surface area (TPSA) is 53.7 Å². The quantitative estimate of drug-likeness (QED) is 0.0488. The van der Waals surface area contributed by atoms with E-state index in [2.05, 4.69) is 27.7 Å². The first-order valence-electron chi connectivity index (χ1n) is 29.8. The van der Waals surface area contributed by atoms with Gasteiger partial charge in [-0.15, -0.1) is 0 Å². The van der Waals surface area contributed by atoms with Crippen LogP contribution in [-0.2, 0) is 13.3 Å². The van der Waals surface area contributed by atoms with E-state index in [1.54, 1.807) is 0 Å². The van der Waals surface area contributed by atoms with Gasteiger partial charge in [-0.05, 0) is 31.7 Å². The van der Waals surface area contributed by atoms with Crippen LogP contribution in [0.5, 0.6) is 0 Å². The zero-order valence-corrected chi connectivity index (χ0v) is 45.4. The van der Waals surface area contributed by atoms with E-state index in [0.29, 0.717) is 12.5 Å². The van der Waals surface area contributed by atoms with Crippen LogP contribution < -0.4 is 5.73 Å². The summed E-state index contributed by atoms with van der Waals surface area (Å²) in [6.07, 6.45) is 66.7. The highest BCUT2D eigenvalue weighted by Gasteiger charge is 2.42. The monoisotopic (exact) mass is 908 g/mol. The van der Waals surface area contributed by atoms with Gasteiger partial charge in [0.15, 0.2) is 0 Å². The fraction of sp³-hybridized carbons (Fsp3) is 1.00. The van der Waals surface area contributed by atoms with Crippen LogP contribution >= 0.6 is 0 Å². The summed E-state index contributed by atoms with van der Waals surface area (Å²) in [4.78, 5) is 0. The van der Waals surface area contributed by atoms with Gasteiger partial charge in [0.1, 0.15) is 0 Å². The van der Waals surface area contributed by atoms with Crippen molar-refractivity contribution in [3.05, 3.63) is 0 Å². The molecule has 1 unspecified atom stereocenters. The minimum absolute atomic E-state index is 0.360. The molecule has 0 aliphatic heterocycles. The summed E-state index contributed by atoms with van der Waals surface area (Å²) in [6.45, 7) is 12.2. The van der Waals surface area contributed by atoms with Crippen LogP contribution in [0, 0.1) is 5.92 Å². The molecule has 380 valence electrons. The molecule has 0 spiro atoms. The van der Waals surface area contributed by atoms with Crippen molar-refractivity contribution in [1.29, 1.82) is 0 Å². The third-order valence-corrected chi connectivity index (χ3v) is 17.1. The maximum absolute atomic E-state index is 6.82. The van der Waals surface area contributed by atoms with E-state index in [-0.39, 0.29) is 0 Å². The van der Waals surface area contributed by atoms with Gasteiger partial charge in [0, 0.05) is 25.9 Å². The highest BCUT2D eigenvalue weighted by molar-refractivity contribution is 6.60. The molecule has 0 amide bonds. The minimum atomic E-state index is -2.79. The van der Waals surface area contributed by atoms with Crippen molar-refractivity contribution < 1.29 is 13.3 Å². The molecule has 0 rings (SSSR count). The van der Waals surface area contributed by atoms with Gasteiger partial charge in [0.25, 0.3) is 0 Å². The van der Waals surface area contributed by atoms with Crippen molar-refractivity contribution in [2.45, 2.75) is 342 Å². The van der Waals surface area contributed by atoms with E-state index in [1.807, 2.05) is 0 Å². The van der Waals surface area contributed by atoms with E-state index >= 15 is 0 Å². The average Bonchev–Trinajstić information content (AvgIpc) is 3.29. The van der Waals surface area contributed by atoms with Crippen molar-refractivity contribution in [2.24, 2.45) is 11.7 Å². The van der Waals surface area contributed by atoms with Crippen LogP contribution in [0.25, 0.3) is 0 Å². The number of nitrogens with two attached hydrogens (primary N) is 1. The van der Waals surface area contributed by atoms with Crippen LogP contribution in [0.3, 0.4) is 0 Å². The Morgan fingerprint density at radius 1 is 0.270 bits per heavy atom. The van der Waals surface area contributed by atoms with E-state index in [4.69, 9.17) is 19.0 Å². The Bertz CT molecular complexity index is 720. The molecular weight excluding hydrogens is 787 g/mol. The fourth-order valence-electron chi connectivity index (χ4n) is 9.45. The van der Waals surface area contributed by atoms with Crippen LogP contribution in [-0.4, -0.2) is 35.2 Å². The molecule has 63 heavy (non-hydrogen) atoms. The lowest BCUT2D eigenvalue weighted by Gasteiger charge is -2.32. The van der Waals surface area contributed by atoms with Gasteiger partial charge in [-0.2, -0.15) is 0 Å². The smallest absolute Gasteiger partial charge is 0.373 e. The number of rotatable bonds is 57. The van der Waals surface area contributed by atoms with Gasteiger partial charge >= 0.3 is 8.80 Å². The molecule has 0 aromatic carbocycles. The number of hydrogen-bond acceptors (Lipinski definition) is 4. The zero-order chi connectivity index (χ0) is 45.7. The molecule has 0 fully saturated rings. The van der Waals surface area contributed by atoms with Gasteiger partial charge in [-0.25, -0.2) is 0 Å². The lowest BCUT2D eigenvalue weighted by molar-refractivity contribution is 0.0521. The summed E-state index contributed by atoms with van der Waals surface area (Å²) in [6, 6.07) is 0.861. The van der Waals surface area contributed by atoms with Crippen LogP contribution in [0.4, 0.5) is 0 Å². The molecule has 1 atom stereocenters. The summed E-state index contributed by atoms with van der Waals surface area (Å²) in [5.74, 6) is 0.360. The molecule has 0 heterocycles. The summed E-state index contributed by atoms with van der Waals surface area (Å²) in [5, 5.41) is 0. The Labute approximate surface area is 400 Å². The molecule has 0 radical (unpaired) electrons. The lowest BCUT2D eigenvalue weighted by atomic mass is 10.0. The minimum Gasteiger partial charge on any atom is -0.373 e. The second kappa shape index (κ2) is 54.7. The Morgan fingerprint density at radius 2 is 0.429 bits per heavy atom. The molecule has 0 aliphatic carbocycles. The van der Waals surface area contributed by atoms with E-state index in [9.17, 15) is 0 Å². The summed E-state index contributed by atoms with van der Waals surface area (Å²) >= 11 is 0. The first kappa shape index (κ1) is 63.1. The Kier molecular flexibility index (Phi) is 54.7. The second-order valence-corrected chi connectivity index (χ2v) is 23.3. The highest BCUT2D eigenvalue weighted by Crippen LogP contribution is 2.25.